The molecule has 1 atom stereocenters. The van der Waals surface area contributed by atoms with Gasteiger partial charge in [0.25, 0.3) is 0 Å². The Morgan fingerprint density at radius 1 is 1.21 bits per heavy atom. The predicted octanol–water partition coefficient (Wildman–Crippen LogP) is 3.06. The van der Waals surface area contributed by atoms with Crippen LogP contribution in [0.5, 0.6) is 5.75 Å². The monoisotopic (exact) mass is 368 g/mol. The highest BCUT2D eigenvalue weighted by Crippen LogP contribution is 2.33. The van der Waals surface area contributed by atoms with Gasteiger partial charge < -0.3 is 10.5 Å². The Kier molecular flexibility index (Phi) is 5.74. The zero-order valence-corrected chi connectivity index (χ0v) is 15.0. The van der Waals surface area contributed by atoms with Gasteiger partial charge >= 0.3 is 0 Å². The molecule has 0 amide bonds. The number of rotatable bonds is 4. The summed E-state index contributed by atoms with van der Waals surface area (Å²) in [5.74, 6) is 0.341. The summed E-state index contributed by atoms with van der Waals surface area (Å²) >= 11 is 0. The Hall–Kier alpha value is -1.76. The molecule has 1 aliphatic rings. The molecule has 7 heteroatoms. The van der Waals surface area contributed by atoms with Crippen LogP contribution in [0, 0.1) is 0 Å². The Labute approximate surface area is 148 Å². The number of anilines is 1. The molecule has 3 rings (SSSR count). The van der Waals surface area contributed by atoms with Crippen molar-refractivity contribution in [2.45, 2.75) is 30.2 Å². The molecule has 0 spiro atoms. The molecule has 2 aromatic rings. The number of para-hydroxylation sites is 1. The number of aryl methyl sites for hydroxylation is 1. The van der Waals surface area contributed by atoms with Crippen LogP contribution in [0.15, 0.2) is 47.4 Å². The summed E-state index contributed by atoms with van der Waals surface area (Å²) in [6.07, 6.45) is 2.62. The van der Waals surface area contributed by atoms with Crippen LogP contribution in [-0.4, -0.2) is 15.5 Å². The van der Waals surface area contributed by atoms with E-state index in [1.54, 1.807) is 24.3 Å². The van der Waals surface area contributed by atoms with E-state index in [0.29, 0.717) is 11.4 Å². The number of benzene rings is 2. The zero-order chi connectivity index (χ0) is 16.4. The van der Waals surface area contributed by atoms with Crippen LogP contribution in [0.1, 0.15) is 30.0 Å². The van der Waals surface area contributed by atoms with Gasteiger partial charge in [0.05, 0.1) is 7.11 Å². The minimum absolute atomic E-state index is 0. The third-order valence-corrected chi connectivity index (χ3v) is 5.65. The first-order chi connectivity index (χ1) is 11.0. The Balaban J connectivity index is 0.00000208. The molecule has 2 aromatic carbocycles. The van der Waals surface area contributed by atoms with E-state index >= 15 is 0 Å². The number of ether oxygens (including phenoxy) is 1. The number of sulfonamides is 1. The molecule has 24 heavy (non-hydrogen) atoms. The molecule has 1 aliphatic carbocycles. The summed E-state index contributed by atoms with van der Waals surface area (Å²) in [7, 11) is -2.20. The maximum Gasteiger partial charge on any atom is 0.244 e. The number of nitrogens with two attached hydrogens (primary N) is 1. The summed E-state index contributed by atoms with van der Waals surface area (Å²) in [5, 5.41) is 0. The number of fused-ring (bicyclic) bond motifs is 1. The van der Waals surface area contributed by atoms with Crippen molar-refractivity contribution in [1.29, 1.82) is 0 Å². The van der Waals surface area contributed by atoms with Crippen molar-refractivity contribution in [2.75, 3.05) is 12.8 Å². The molecule has 0 bridgehead atoms. The van der Waals surface area contributed by atoms with Gasteiger partial charge in [0.15, 0.2) is 0 Å². The number of halogens is 1. The lowest BCUT2D eigenvalue weighted by atomic mass is 9.88. The maximum absolute atomic E-state index is 12.7. The molecule has 1 unspecified atom stereocenters. The summed E-state index contributed by atoms with van der Waals surface area (Å²) < 4.78 is 33.5. The molecule has 0 fully saturated rings. The summed E-state index contributed by atoms with van der Waals surface area (Å²) in [6.45, 7) is 0. The lowest BCUT2D eigenvalue weighted by molar-refractivity contribution is 0.401. The highest BCUT2D eigenvalue weighted by molar-refractivity contribution is 7.89. The highest BCUT2D eigenvalue weighted by atomic mass is 35.5. The molecule has 130 valence electrons. The zero-order valence-electron chi connectivity index (χ0n) is 13.4. The van der Waals surface area contributed by atoms with Gasteiger partial charge in [-0.05, 0) is 54.7 Å². The van der Waals surface area contributed by atoms with Gasteiger partial charge in [-0.15, -0.1) is 12.4 Å². The van der Waals surface area contributed by atoms with E-state index in [9.17, 15) is 8.42 Å². The normalized spacial score (nSPS) is 16.8. The van der Waals surface area contributed by atoms with Gasteiger partial charge in [-0.3, -0.25) is 0 Å². The Morgan fingerprint density at radius 2 is 1.96 bits per heavy atom. The van der Waals surface area contributed by atoms with Crippen molar-refractivity contribution in [1.82, 2.24) is 4.72 Å². The van der Waals surface area contributed by atoms with E-state index < -0.39 is 10.0 Å². The average molecular weight is 369 g/mol. The SMILES string of the molecule is COc1ccccc1S(=O)(=O)NC1CCCc2cc(N)ccc21.Cl. The largest absolute Gasteiger partial charge is 0.495 e. The fraction of sp³-hybridized carbons (Fsp3) is 0.294. The first-order valence-electron chi connectivity index (χ1n) is 7.55. The topological polar surface area (TPSA) is 81.4 Å². The summed E-state index contributed by atoms with van der Waals surface area (Å²) in [4.78, 5) is 0.157. The number of methoxy groups -OCH3 is 1. The molecule has 3 N–H and O–H groups in total. The first kappa shape index (κ1) is 18.6. The lowest BCUT2D eigenvalue weighted by Gasteiger charge is -2.26. The van der Waals surface area contributed by atoms with Gasteiger partial charge in [0.2, 0.25) is 10.0 Å². The van der Waals surface area contributed by atoms with Gasteiger partial charge in [-0.25, -0.2) is 13.1 Å². The maximum atomic E-state index is 12.7. The number of nitrogen functional groups attached to an aromatic ring is 1. The minimum atomic E-state index is -3.66. The van der Waals surface area contributed by atoms with E-state index in [1.807, 2.05) is 18.2 Å². The highest BCUT2D eigenvalue weighted by Gasteiger charge is 2.27. The second-order valence-corrected chi connectivity index (χ2v) is 7.36. The fourth-order valence-electron chi connectivity index (χ4n) is 3.05. The van der Waals surface area contributed by atoms with E-state index in [4.69, 9.17) is 10.5 Å². The first-order valence-corrected chi connectivity index (χ1v) is 9.03. The number of nitrogens with one attached hydrogen (secondary N) is 1. The van der Waals surface area contributed by atoms with E-state index in [2.05, 4.69) is 4.72 Å². The number of hydrogen-bond acceptors (Lipinski definition) is 4. The fourth-order valence-corrected chi connectivity index (χ4v) is 4.47. The number of hydrogen-bond donors (Lipinski definition) is 2. The van der Waals surface area contributed by atoms with Crippen LogP contribution in [0.4, 0.5) is 5.69 Å². The molecule has 0 saturated carbocycles. The van der Waals surface area contributed by atoms with Crippen LogP contribution in [0.3, 0.4) is 0 Å². The Bertz CT molecular complexity index is 824. The summed E-state index contributed by atoms with van der Waals surface area (Å²) in [6, 6.07) is 12.0. The van der Waals surface area contributed by atoms with Crippen molar-refractivity contribution in [2.24, 2.45) is 0 Å². The van der Waals surface area contributed by atoms with E-state index in [0.717, 1.165) is 30.4 Å². The molecule has 0 saturated heterocycles. The van der Waals surface area contributed by atoms with Crippen LogP contribution < -0.4 is 15.2 Å². The van der Waals surface area contributed by atoms with Crippen molar-refractivity contribution in [3.63, 3.8) is 0 Å². The second kappa shape index (κ2) is 7.42. The molecule has 5 nitrogen and oxygen atoms in total. The molecule has 0 aliphatic heterocycles. The van der Waals surface area contributed by atoms with Crippen molar-refractivity contribution in [3.05, 3.63) is 53.6 Å². The molecule has 0 heterocycles. The molecule has 0 aromatic heterocycles. The quantitative estimate of drug-likeness (QED) is 0.812. The Morgan fingerprint density at radius 3 is 2.71 bits per heavy atom. The predicted molar refractivity (Wildman–Crippen MR) is 97.1 cm³/mol. The van der Waals surface area contributed by atoms with Crippen LogP contribution in [0.25, 0.3) is 0 Å². The van der Waals surface area contributed by atoms with Gasteiger partial charge in [0, 0.05) is 11.7 Å². The third-order valence-electron chi connectivity index (χ3n) is 4.14. The molecule has 0 radical (unpaired) electrons. The van der Waals surface area contributed by atoms with Crippen molar-refractivity contribution in [3.8, 4) is 5.75 Å². The van der Waals surface area contributed by atoms with Gasteiger partial charge in [-0.1, -0.05) is 18.2 Å². The van der Waals surface area contributed by atoms with E-state index in [1.165, 1.54) is 7.11 Å². The molecular formula is C17H21ClN2O3S. The molecular weight excluding hydrogens is 348 g/mol. The smallest absolute Gasteiger partial charge is 0.244 e. The van der Waals surface area contributed by atoms with Gasteiger partial charge in [-0.2, -0.15) is 0 Å². The van der Waals surface area contributed by atoms with Crippen LogP contribution in [0.2, 0.25) is 0 Å². The standard InChI is InChI=1S/C17H20N2O3S.ClH/c1-22-16-7-2-3-8-17(16)23(20,21)19-15-6-4-5-12-11-13(18)9-10-14(12)15;/h2-3,7-11,15,19H,4-6,18H2,1H3;1H. The van der Waals surface area contributed by atoms with Gasteiger partial charge in [0.1, 0.15) is 10.6 Å². The van der Waals surface area contributed by atoms with Crippen LogP contribution in [-0.2, 0) is 16.4 Å². The lowest BCUT2D eigenvalue weighted by Crippen LogP contribution is -2.31. The van der Waals surface area contributed by atoms with E-state index in [-0.39, 0.29) is 23.3 Å². The summed E-state index contributed by atoms with van der Waals surface area (Å²) in [5.41, 5.74) is 8.65. The van der Waals surface area contributed by atoms with Crippen molar-refractivity contribution < 1.29 is 13.2 Å². The second-order valence-electron chi connectivity index (χ2n) is 5.68. The average Bonchev–Trinajstić information content (AvgIpc) is 2.54. The minimum Gasteiger partial charge on any atom is -0.495 e. The van der Waals surface area contributed by atoms with Crippen LogP contribution >= 0.6 is 12.4 Å². The van der Waals surface area contributed by atoms with Crippen molar-refractivity contribution >= 4 is 28.1 Å². The third kappa shape index (κ3) is 3.66.